The second-order valence-corrected chi connectivity index (χ2v) is 8.53. The van der Waals surface area contributed by atoms with Crippen LogP contribution < -0.4 is 5.32 Å². The molecule has 0 radical (unpaired) electrons. The Morgan fingerprint density at radius 1 is 1.18 bits per heavy atom. The average molecular weight is 327 g/mol. The van der Waals surface area contributed by atoms with Gasteiger partial charge in [0.2, 0.25) is 5.91 Å². The molecule has 1 atom stereocenters. The van der Waals surface area contributed by atoms with E-state index >= 15 is 0 Å². The first-order valence-corrected chi connectivity index (χ1v) is 9.67. The van der Waals surface area contributed by atoms with Gasteiger partial charge in [0.25, 0.3) is 5.91 Å². The van der Waals surface area contributed by atoms with E-state index in [0.29, 0.717) is 18.6 Å². The van der Waals surface area contributed by atoms with E-state index < -0.39 is 15.9 Å². The molecule has 1 saturated heterocycles. The number of sulfone groups is 1. The van der Waals surface area contributed by atoms with Crippen molar-refractivity contribution in [2.45, 2.75) is 57.0 Å². The largest absolute Gasteiger partial charge is 0.348 e. The van der Waals surface area contributed by atoms with E-state index in [9.17, 15) is 18.0 Å². The van der Waals surface area contributed by atoms with E-state index in [1.54, 1.807) is 0 Å². The lowest BCUT2D eigenvalue weighted by molar-refractivity contribution is -0.133. The van der Waals surface area contributed by atoms with Crippen molar-refractivity contribution in [2.75, 3.05) is 11.5 Å². The summed E-state index contributed by atoms with van der Waals surface area (Å²) >= 11 is 0. The molecule has 1 N–H and O–H groups in total. The van der Waals surface area contributed by atoms with Gasteiger partial charge in [-0.25, -0.2) is 13.4 Å². The van der Waals surface area contributed by atoms with E-state index in [2.05, 4.69) is 10.4 Å². The second-order valence-electron chi connectivity index (χ2n) is 6.30. The van der Waals surface area contributed by atoms with Crippen LogP contribution in [0.4, 0.5) is 0 Å². The summed E-state index contributed by atoms with van der Waals surface area (Å²) in [6.07, 6.45) is 5.17. The van der Waals surface area contributed by atoms with Crippen molar-refractivity contribution in [3.63, 3.8) is 0 Å². The Morgan fingerprint density at radius 3 is 2.55 bits per heavy atom. The highest BCUT2D eigenvalue weighted by Crippen LogP contribution is 2.23. The number of amides is 2. The minimum atomic E-state index is -3.09. The van der Waals surface area contributed by atoms with Crippen molar-refractivity contribution < 1.29 is 18.0 Å². The van der Waals surface area contributed by atoms with Crippen LogP contribution in [0.2, 0.25) is 0 Å². The molecular formula is C14H21N3O4S. The molecule has 2 fully saturated rings. The molecule has 1 unspecified atom stereocenters. The van der Waals surface area contributed by atoms with E-state index in [0.717, 1.165) is 25.7 Å². The first-order chi connectivity index (χ1) is 10.4. The Morgan fingerprint density at radius 2 is 1.91 bits per heavy atom. The van der Waals surface area contributed by atoms with Crippen LogP contribution in [0, 0.1) is 0 Å². The number of carbonyl (C=O) groups excluding carboxylic acids is 2. The molecule has 1 aliphatic carbocycles. The maximum Gasteiger partial charge on any atom is 0.267 e. The average Bonchev–Trinajstić information content (AvgIpc) is 3.08. The predicted molar refractivity (Wildman–Crippen MR) is 81.0 cm³/mol. The summed E-state index contributed by atoms with van der Waals surface area (Å²) in [6, 6.07) is -0.222. The second kappa shape index (κ2) is 5.98. The van der Waals surface area contributed by atoms with Gasteiger partial charge in [-0.05, 0) is 19.3 Å². The Hall–Kier alpha value is -1.44. The van der Waals surface area contributed by atoms with Crippen LogP contribution in [0.3, 0.4) is 0 Å². The van der Waals surface area contributed by atoms with Gasteiger partial charge >= 0.3 is 0 Å². The molecule has 8 heteroatoms. The zero-order valence-corrected chi connectivity index (χ0v) is 13.3. The van der Waals surface area contributed by atoms with Crippen LogP contribution in [-0.2, 0) is 19.4 Å². The molecule has 2 heterocycles. The molecule has 0 aromatic heterocycles. The Kier molecular flexibility index (Phi) is 4.20. The zero-order valence-electron chi connectivity index (χ0n) is 12.5. The minimum absolute atomic E-state index is 0.0558. The zero-order chi connectivity index (χ0) is 15.7. The van der Waals surface area contributed by atoms with E-state index in [4.69, 9.17) is 0 Å². The van der Waals surface area contributed by atoms with Crippen molar-refractivity contribution in [3.05, 3.63) is 0 Å². The Bertz CT molecular complexity index is 608. The van der Waals surface area contributed by atoms with Crippen molar-refractivity contribution >= 4 is 27.4 Å². The van der Waals surface area contributed by atoms with Crippen molar-refractivity contribution in [2.24, 2.45) is 5.10 Å². The SMILES string of the molecule is O=C(NC1CCCC1)C1=NN(C2CCS(=O)(=O)C2)C(=O)CC1. The number of hydrogen-bond acceptors (Lipinski definition) is 5. The number of hydrazone groups is 1. The van der Waals surface area contributed by atoms with Gasteiger partial charge in [0.05, 0.1) is 17.5 Å². The number of nitrogens with zero attached hydrogens (tertiary/aromatic N) is 2. The summed E-state index contributed by atoms with van der Waals surface area (Å²) in [7, 11) is -3.09. The van der Waals surface area contributed by atoms with Crippen molar-refractivity contribution in [1.29, 1.82) is 0 Å². The molecule has 0 aromatic carbocycles. The van der Waals surface area contributed by atoms with Gasteiger partial charge in [-0.1, -0.05) is 12.8 Å². The first-order valence-electron chi connectivity index (χ1n) is 7.85. The number of hydrogen-bond donors (Lipinski definition) is 1. The molecule has 122 valence electrons. The fraction of sp³-hybridized carbons (Fsp3) is 0.786. The molecule has 0 aromatic rings. The third kappa shape index (κ3) is 3.31. The van der Waals surface area contributed by atoms with E-state index in [-0.39, 0.29) is 35.8 Å². The molecule has 3 rings (SSSR count). The number of carbonyl (C=O) groups is 2. The fourth-order valence-electron chi connectivity index (χ4n) is 3.33. The predicted octanol–water partition coefficient (Wildman–Crippen LogP) is 0.211. The third-order valence-corrected chi connectivity index (χ3v) is 6.32. The molecule has 2 amide bonds. The molecular weight excluding hydrogens is 306 g/mol. The van der Waals surface area contributed by atoms with Crippen LogP contribution in [-0.4, -0.2) is 54.5 Å². The maximum atomic E-state index is 12.3. The number of nitrogens with one attached hydrogen (secondary N) is 1. The van der Waals surface area contributed by atoms with E-state index in [1.165, 1.54) is 5.01 Å². The highest BCUT2D eigenvalue weighted by molar-refractivity contribution is 7.91. The standard InChI is InChI=1S/C14H21N3O4S/c18-13-6-5-12(14(19)15-10-3-1-2-4-10)16-17(13)11-7-8-22(20,21)9-11/h10-11H,1-9H2,(H,15,19). The Balaban J connectivity index is 1.70. The van der Waals surface area contributed by atoms with Crippen LogP contribution in [0.5, 0.6) is 0 Å². The lowest BCUT2D eigenvalue weighted by Gasteiger charge is -2.27. The highest BCUT2D eigenvalue weighted by atomic mass is 32.2. The molecule has 0 bridgehead atoms. The van der Waals surface area contributed by atoms with Crippen LogP contribution in [0.15, 0.2) is 5.10 Å². The molecule has 2 aliphatic heterocycles. The third-order valence-electron chi connectivity index (χ3n) is 4.57. The molecule has 0 spiro atoms. The quantitative estimate of drug-likeness (QED) is 0.801. The first kappa shape index (κ1) is 15.5. The summed E-state index contributed by atoms with van der Waals surface area (Å²) < 4.78 is 23.1. The van der Waals surface area contributed by atoms with E-state index in [1.807, 2.05) is 0 Å². The number of rotatable bonds is 3. The van der Waals surface area contributed by atoms with Gasteiger partial charge in [-0.15, -0.1) is 0 Å². The maximum absolute atomic E-state index is 12.3. The topological polar surface area (TPSA) is 95.9 Å². The minimum Gasteiger partial charge on any atom is -0.348 e. The van der Waals surface area contributed by atoms with Crippen LogP contribution in [0.1, 0.15) is 44.9 Å². The summed E-state index contributed by atoms with van der Waals surface area (Å²) in [5.74, 6) is -0.384. The normalized spacial score (nSPS) is 28.7. The van der Waals surface area contributed by atoms with Gasteiger partial charge in [-0.3, -0.25) is 9.59 Å². The fourth-order valence-corrected chi connectivity index (χ4v) is 5.02. The smallest absolute Gasteiger partial charge is 0.267 e. The van der Waals surface area contributed by atoms with Crippen LogP contribution in [0.25, 0.3) is 0 Å². The van der Waals surface area contributed by atoms with Gasteiger partial charge in [-0.2, -0.15) is 5.10 Å². The molecule has 22 heavy (non-hydrogen) atoms. The monoisotopic (exact) mass is 327 g/mol. The molecule has 3 aliphatic rings. The summed E-state index contributed by atoms with van der Waals surface area (Å²) in [5, 5.41) is 8.37. The van der Waals surface area contributed by atoms with Gasteiger partial charge in [0, 0.05) is 18.9 Å². The highest BCUT2D eigenvalue weighted by Gasteiger charge is 2.37. The van der Waals surface area contributed by atoms with Gasteiger partial charge < -0.3 is 5.32 Å². The summed E-state index contributed by atoms with van der Waals surface area (Å²) in [5.41, 5.74) is 0.343. The molecule has 7 nitrogen and oxygen atoms in total. The molecule has 1 saturated carbocycles. The van der Waals surface area contributed by atoms with Crippen molar-refractivity contribution in [1.82, 2.24) is 10.3 Å². The lowest BCUT2D eigenvalue weighted by atomic mass is 10.1. The summed E-state index contributed by atoms with van der Waals surface area (Å²) in [4.78, 5) is 24.2. The summed E-state index contributed by atoms with van der Waals surface area (Å²) in [6.45, 7) is 0. The lowest BCUT2D eigenvalue weighted by Crippen LogP contribution is -2.45. The van der Waals surface area contributed by atoms with Gasteiger partial charge in [0.1, 0.15) is 5.71 Å². The van der Waals surface area contributed by atoms with Crippen molar-refractivity contribution in [3.8, 4) is 0 Å². The van der Waals surface area contributed by atoms with Crippen LogP contribution >= 0.6 is 0 Å². The Labute approximate surface area is 130 Å². The van der Waals surface area contributed by atoms with Gasteiger partial charge in [0.15, 0.2) is 9.84 Å².